The van der Waals surface area contributed by atoms with Gasteiger partial charge in [0.25, 0.3) is 0 Å². The number of nitrogens with one attached hydrogen (secondary N) is 2. The molecule has 1 aliphatic rings. The number of aliphatic hydroxyl groups is 1. The molecule has 0 radical (unpaired) electrons. The number of hydrogen-bond acceptors (Lipinski definition) is 4. The molecular formula is C21H33F3N4O2. The second-order valence-electron chi connectivity index (χ2n) is 7.56. The molecule has 30 heavy (non-hydrogen) atoms. The third-order valence-corrected chi connectivity index (χ3v) is 5.20. The predicted octanol–water partition coefficient (Wildman–Crippen LogP) is 2.95. The van der Waals surface area contributed by atoms with Crippen LogP contribution in [0.3, 0.4) is 0 Å². The lowest BCUT2D eigenvalue weighted by atomic mass is 9.93. The number of alkyl halides is 3. The SMILES string of the molecule is CCNC(=NCC(O)c1cccc(OC)c1)NCCC1CCN(CC(F)(F)F)CC1. The van der Waals surface area contributed by atoms with Crippen LogP contribution in [0.15, 0.2) is 29.3 Å². The van der Waals surface area contributed by atoms with E-state index in [1.165, 1.54) is 4.90 Å². The van der Waals surface area contributed by atoms with Gasteiger partial charge in [-0.3, -0.25) is 9.89 Å². The Balaban J connectivity index is 1.76. The number of hydrogen-bond donors (Lipinski definition) is 3. The number of piperidine rings is 1. The summed E-state index contributed by atoms with van der Waals surface area (Å²) in [6.07, 6.45) is -2.43. The summed E-state index contributed by atoms with van der Waals surface area (Å²) in [4.78, 5) is 5.93. The third kappa shape index (κ3) is 8.79. The maximum atomic E-state index is 12.5. The molecule has 170 valence electrons. The first-order valence-electron chi connectivity index (χ1n) is 10.4. The van der Waals surface area contributed by atoms with Crippen LogP contribution in [0.5, 0.6) is 5.75 Å². The minimum atomic E-state index is -4.12. The first kappa shape index (κ1) is 24.3. The summed E-state index contributed by atoms with van der Waals surface area (Å²) in [5, 5.41) is 16.8. The number of halogens is 3. The van der Waals surface area contributed by atoms with Gasteiger partial charge in [0.1, 0.15) is 5.75 Å². The molecule has 1 saturated heterocycles. The van der Waals surface area contributed by atoms with E-state index in [2.05, 4.69) is 15.6 Å². The topological polar surface area (TPSA) is 69.1 Å². The molecule has 1 fully saturated rings. The lowest BCUT2D eigenvalue weighted by Gasteiger charge is -2.32. The average molecular weight is 431 g/mol. The molecule has 9 heteroatoms. The Hall–Kier alpha value is -2.00. The van der Waals surface area contributed by atoms with Crippen LogP contribution in [0, 0.1) is 5.92 Å². The molecule has 0 spiro atoms. The van der Waals surface area contributed by atoms with Crippen LogP contribution in [-0.2, 0) is 0 Å². The van der Waals surface area contributed by atoms with Crippen LogP contribution in [0.2, 0.25) is 0 Å². The van der Waals surface area contributed by atoms with Crippen LogP contribution in [-0.4, -0.2) is 68.5 Å². The molecule has 1 heterocycles. The minimum absolute atomic E-state index is 0.207. The summed E-state index contributed by atoms with van der Waals surface area (Å²) < 4.78 is 42.6. The molecule has 6 nitrogen and oxygen atoms in total. The zero-order valence-corrected chi connectivity index (χ0v) is 17.7. The average Bonchev–Trinajstić information content (AvgIpc) is 2.72. The van der Waals surface area contributed by atoms with E-state index in [-0.39, 0.29) is 6.54 Å². The summed E-state index contributed by atoms with van der Waals surface area (Å²) in [5.41, 5.74) is 0.736. The lowest BCUT2D eigenvalue weighted by Crippen LogP contribution is -2.41. The second-order valence-corrected chi connectivity index (χ2v) is 7.56. The summed E-state index contributed by atoms with van der Waals surface area (Å²) >= 11 is 0. The van der Waals surface area contributed by atoms with E-state index in [1.807, 2.05) is 25.1 Å². The summed E-state index contributed by atoms with van der Waals surface area (Å²) in [5.74, 6) is 1.71. The van der Waals surface area contributed by atoms with Crippen LogP contribution in [0.25, 0.3) is 0 Å². The van der Waals surface area contributed by atoms with Gasteiger partial charge >= 0.3 is 6.18 Å². The van der Waals surface area contributed by atoms with Crippen molar-refractivity contribution in [1.82, 2.24) is 15.5 Å². The van der Waals surface area contributed by atoms with Crippen molar-refractivity contribution in [3.63, 3.8) is 0 Å². The highest BCUT2D eigenvalue weighted by molar-refractivity contribution is 5.79. The Kier molecular flexibility index (Phi) is 9.71. The molecule has 1 aromatic carbocycles. The smallest absolute Gasteiger partial charge is 0.401 e. The van der Waals surface area contributed by atoms with Gasteiger partial charge in [-0.1, -0.05) is 12.1 Å². The monoisotopic (exact) mass is 430 g/mol. The Morgan fingerprint density at radius 3 is 2.67 bits per heavy atom. The highest BCUT2D eigenvalue weighted by Gasteiger charge is 2.32. The predicted molar refractivity (Wildman–Crippen MR) is 112 cm³/mol. The lowest BCUT2D eigenvalue weighted by molar-refractivity contribution is -0.148. The number of likely N-dealkylation sites (tertiary alicyclic amines) is 1. The molecule has 3 N–H and O–H groups in total. The zero-order chi connectivity index (χ0) is 22.0. The number of aliphatic imine (C=N–C) groups is 1. The molecule has 0 aromatic heterocycles. The maximum Gasteiger partial charge on any atom is 0.401 e. The van der Waals surface area contributed by atoms with Crippen molar-refractivity contribution in [1.29, 1.82) is 0 Å². The summed E-state index contributed by atoms with van der Waals surface area (Å²) in [6, 6.07) is 7.25. The van der Waals surface area contributed by atoms with Crippen molar-refractivity contribution in [3.05, 3.63) is 29.8 Å². The van der Waals surface area contributed by atoms with Gasteiger partial charge in [0.15, 0.2) is 5.96 Å². The number of aliphatic hydroxyl groups excluding tert-OH is 1. The zero-order valence-electron chi connectivity index (χ0n) is 17.7. The van der Waals surface area contributed by atoms with Crippen LogP contribution in [0.1, 0.15) is 37.9 Å². The van der Waals surface area contributed by atoms with Gasteiger partial charge in [0, 0.05) is 13.1 Å². The van der Waals surface area contributed by atoms with Gasteiger partial charge in [0.2, 0.25) is 0 Å². The molecule has 1 aliphatic heterocycles. The standard InChI is InChI=1S/C21H33F3N4O2/c1-3-25-20(27-14-19(29)17-5-4-6-18(13-17)30-2)26-10-7-16-8-11-28(12-9-16)15-21(22,23)24/h4-6,13,16,19,29H,3,7-12,14-15H2,1-2H3,(H2,25,26,27). The number of methoxy groups -OCH3 is 1. The highest BCUT2D eigenvalue weighted by Crippen LogP contribution is 2.24. The number of rotatable bonds is 9. The number of benzene rings is 1. The Labute approximate surface area is 176 Å². The van der Waals surface area contributed by atoms with Crippen molar-refractivity contribution in [2.45, 2.75) is 38.5 Å². The quantitative estimate of drug-likeness (QED) is 0.415. The largest absolute Gasteiger partial charge is 0.497 e. The molecule has 1 aromatic rings. The van der Waals surface area contributed by atoms with E-state index in [0.29, 0.717) is 43.8 Å². The molecule has 0 aliphatic carbocycles. The fourth-order valence-corrected chi connectivity index (χ4v) is 3.56. The molecule has 0 saturated carbocycles. The maximum absolute atomic E-state index is 12.5. The summed E-state index contributed by atoms with van der Waals surface area (Å²) in [7, 11) is 1.58. The fraction of sp³-hybridized carbons (Fsp3) is 0.667. The van der Waals surface area contributed by atoms with E-state index in [1.54, 1.807) is 13.2 Å². The summed E-state index contributed by atoms with van der Waals surface area (Å²) in [6.45, 7) is 3.72. The van der Waals surface area contributed by atoms with Gasteiger partial charge in [-0.25, -0.2) is 0 Å². The van der Waals surface area contributed by atoms with Crippen molar-refractivity contribution in [3.8, 4) is 5.75 Å². The fourth-order valence-electron chi connectivity index (χ4n) is 3.56. The van der Waals surface area contributed by atoms with Crippen molar-refractivity contribution in [2.24, 2.45) is 10.9 Å². The Bertz CT molecular complexity index is 662. The molecule has 1 atom stereocenters. The molecule has 2 rings (SSSR count). The van der Waals surface area contributed by atoms with E-state index in [0.717, 1.165) is 24.8 Å². The normalized spacial score (nSPS) is 17.6. The molecule has 0 amide bonds. The van der Waals surface area contributed by atoms with Gasteiger partial charge in [-0.2, -0.15) is 13.2 Å². The van der Waals surface area contributed by atoms with Crippen LogP contribution >= 0.6 is 0 Å². The second kappa shape index (κ2) is 12.0. The molecule has 1 unspecified atom stereocenters. The van der Waals surface area contributed by atoms with Crippen molar-refractivity contribution < 1.29 is 23.0 Å². The number of nitrogens with zero attached hydrogens (tertiary/aromatic N) is 2. The van der Waals surface area contributed by atoms with Crippen LogP contribution < -0.4 is 15.4 Å². The minimum Gasteiger partial charge on any atom is -0.497 e. The van der Waals surface area contributed by atoms with E-state index >= 15 is 0 Å². The van der Waals surface area contributed by atoms with Crippen molar-refractivity contribution >= 4 is 5.96 Å². The Morgan fingerprint density at radius 1 is 1.30 bits per heavy atom. The molecule has 0 bridgehead atoms. The first-order valence-corrected chi connectivity index (χ1v) is 10.4. The van der Waals surface area contributed by atoms with Gasteiger partial charge < -0.3 is 20.5 Å². The third-order valence-electron chi connectivity index (χ3n) is 5.20. The van der Waals surface area contributed by atoms with Gasteiger partial charge in [0.05, 0.1) is 26.3 Å². The van der Waals surface area contributed by atoms with Gasteiger partial charge in [-0.05, 0) is 62.9 Å². The Morgan fingerprint density at radius 2 is 2.03 bits per heavy atom. The van der Waals surface area contributed by atoms with Crippen molar-refractivity contribution in [2.75, 3.05) is 46.4 Å². The van der Waals surface area contributed by atoms with E-state index in [4.69, 9.17) is 4.74 Å². The van der Waals surface area contributed by atoms with Gasteiger partial charge in [-0.15, -0.1) is 0 Å². The number of ether oxygens (including phenoxy) is 1. The van der Waals surface area contributed by atoms with E-state index < -0.39 is 18.8 Å². The first-order chi connectivity index (χ1) is 14.3. The molecular weight excluding hydrogens is 397 g/mol. The number of guanidine groups is 1. The van der Waals surface area contributed by atoms with E-state index in [9.17, 15) is 18.3 Å². The highest BCUT2D eigenvalue weighted by atomic mass is 19.4. The van der Waals surface area contributed by atoms with Crippen LogP contribution in [0.4, 0.5) is 13.2 Å².